The molecule has 0 saturated heterocycles. The predicted octanol–water partition coefficient (Wildman–Crippen LogP) is 3.50. The lowest BCUT2D eigenvalue weighted by atomic mass is 9.99. The summed E-state index contributed by atoms with van der Waals surface area (Å²) in [7, 11) is 0. The van der Waals surface area contributed by atoms with Crippen LogP contribution >= 0.6 is 0 Å². The Hall–Kier alpha value is -4.17. The molecule has 2 heterocycles. The van der Waals surface area contributed by atoms with Crippen molar-refractivity contribution < 1.29 is 24.2 Å². The third kappa shape index (κ3) is 5.55. The summed E-state index contributed by atoms with van der Waals surface area (Å²) in [5, 5.41) is 9.01. The maximum atomic E-state index is 13.0. The topological polar surface area (TPSA) is 113 Å². The van der Waals surface area contributed by atoms with Gasteiger partial charge in [0, 0.05) is 37.2 Å². The van der Waals surface area contributed by atoms with E-state index < -0.39 is 17.9 Å². The number of amides is 2. The van der Waals surface area contributed by atoms with Gasteiger partial charge in [-0.05, 0) is 47.2 Å². The fourth-order valence-electron chi connectivity index (χ4n) is 5.27. The summed E-state index contributed by atoms with van der Waals surface area (Å²) in [6, 6.07) is 21.2. The fourth-order valence-corrected chi connectivity index (χ4v) is 5.27. The largest absolute Gasteiger partial charge is 0.489 e. The van der Waals surface area contributed by atoms with Gasteiger partial charge in [-0.2, -0.15) is 0 Å². The van der Waals surface area contributed by atoms with Gasteiger partial charge in [-0.3, -0.25) is 19.3 Å². The smallest absolute Gasteiger partial charge is 0.303 e. The van der Waals surface area contributed by atoms with Crippen LogP contribution in [0.2, 0.25) is 0 Å². The monoisotopic (exact) mass is 513 g/mol. The zero-order valence-corrected chi connectivity index (χ0v) is 21.1. The molecule has 0 spiro atoms. The van der Waals surface area contributed by atoms with Crippen LogP contribution in [0, 0.1) is 0 Å². The Balaban J connectivity index is 1.21. The number of hydrogen-bond acceptors (Lipinski definition) is 5. The lowest BCUT2D eigenvalue weighted by Gasteiger charge is -2.28. The molecule has 0 fully saturated rings. The van der Waals surface area contributed by atoms with Crippen molar-refractivity contribution in [2.75, 3.05) is 6.54 Å². The van der Waals surface area contributed by atoms with E-state index >= 15 is 0 Å². The number of aliphatic carboxylic acids is 1. The van der Waals surface area contributed by atoms with Crippen LogP contribution in [0.1, 0.15) is 51.0 Å². The van der Waals surface area contributed by atoms with Crippen LogP contribution in [0.5, 0.6) is 5.75 Å². The number of rotatable bonds is 10. The van der Waals surface area contributed by atoms with Crippen LogP contribution < -0.4 is 10.5 Å². The summed E-state index contributed by atoms with van der Waals surface area (Å²) in [5.41, 5.74) is 11.7. The summed E-state index contributed by atoms with van der Waals surface area (Å²) in [4.78, 5) is 39.8. The number of carbonyl (C=O) groups excluding carboxylic acids is 2. The lowest BCUT2D eigenvalue weighted by Crippen LogP contribution is -2.45. The average molecular weight is 514 g/mol. The Morgan fingerprint density at radius 3 is 2.42 bits per heavy atom. The highest BCUT2D eigenvalue weighted by molar-refractivity contribution is 6.01. The summed E-state index contributed by atoms with van der Waals surface area (Å²) >= 11 is 0. The maximum absolute atomic E-state index is 13.0. The highest BCUT2D eigenvalue weighted by Crippen LogP contribution is 2.33. The molecule has 1 unspecified atom stereocenters. The first-order valence-corrected chi connectivity index (χ1v) is 12.8. The SMILES string of the molecule is NC(=O)C(CCC(=O)O)N1Cc2c(OCc3ccc(CN4CCc5ccccc5C4)cc3)cccc2C1=O. The molecule has 3 N–H and O–H groups in total. The summed E-state index contributed by atoms with van der Waals surface area (Å²) in [5.74, 6) is -1.54. The van der Waals surface area contributed by atoms with Crippen LogP contribution in [-0.2, 0) is 42.3 Å². The van der Waals surface area contributed by atoms with Gasteiger partial charge >= 0.3 is 5.97 Å². The standard InChI is InChI=1S/C30H31N3O5/c31-29(36)26(12-13-28(34)35)33-18-25-24(30(33)37)6-3-7-27(25)38-19-21-10-8-20(9-11-21)16-32-15-14-22-4-1-2-5-23(22)17-32/h1-11,26H,12-19H2,(H2,31,36)(H,34,35). The second kappa shape index (κ2) is 11.1. The van der Waals surface area contributed by atoms with Gasteiger partial charge in [-0.15, -0.1) is 0 Å². The van der Waals surface area contributed by atoms with E-state index in [1.807, 2.05) is 0 Å². The van der Waals surface area contributed by atoms with E-state index in [1.165, 1.54) is 21.6 Å². The Labute approximate surface area is 221 Å². The average Bonchev–Trinajstić information content (AvgIpc) is 3.24. The van der Waals surface area contributed by atoms with Gasteiger partial charge in [0.15, 0.2) is 0 Å². The Morgan fingerprint density at radius 2 is 1.68 bits per heavy atom. The van der Waals surface area contributed by atoms with E-state index in [9.17, 15) is 14.4 Å². The van der Waals surface area contributed by atoms with E-state index in [4.69, 9.17) is 15.6 Å². The van der Waals surface area contributed by atoms with Crippen molar-refractivity contribution in [2.24, 2.45) is 5.73 Å². The van der Waals surface area contributed by atoms with Gasteiger partial charge in [0.1, 0.15) is 18.4 Å². The zero-order valence-electron chi connectivity index (χ0n) is 21.1. The number of nitrogens with zero attached hydrogens (tertiary/aromatic N) is 2. The molecule has 3 aromatic rings. The molecule has 2 aliphatic rings. The molecule has 0 aromatic heterocycles. The highest BCUT2D eigenvalue weighted by atomic mass is 16.5. The summed E-state index contributed by atoms with van der Waals surface area (Å²) in [6.45, 7) is 3.38. The van der Waals surface area contributed by atoms with E-state index in [0.29, 0.717) is 23.5 Å². The molecule has 0 bridgehead atoms. The molecule has 196 valence electrons. The molecule has 0 saturated carbocycles. The second-order valence-corrected chi connectivity index (χ2v) is 9.90. The van der Waals surface area contributed by atoms with Crippen molar-refractivity contribution in [3.8, 4) is 5.75 Å². The quantitative estimate of drug-likeness (QED) is 0.429. The van der Waals surface area contributed by atoms with Gasteiger partial charge < -0.3 is 20.5 Å². The van der Waals surface area contributed by atoms with E-state index in [-0.39, 0.29) is 25.3 Å². The molecule has 1 atom stereocenters. The van der Waals surface area contributed by atoms with Gasteiger partial charge in [0.05, 0.1) is 6.54 Å². The van der Waals surface area contributed by atoms with Crippen LogP contribution in [0.3, 0.4) is 0 Å². The molecule has 0 radical (unpaired) electrons. The number of benzene rings is 3. The third-order valence-corrected chi connectivity index (χ3v) is 7.32. The normalized spacial score (nSPS) is 15.6. The van der Waals surface area contributed by atoms with Crippen molar-refractivity contribution >= 4 is 17.8 Å². The van der Waals surface area contributed by atoms with Crippen LogP contribution in [0.25, 0.3) is 0 Å². The molecule has 8 nitrogen and oxygen atoms in total. The molecule has 2 aliphatic heterocycles. The van der Waals surface area contributed by atoms with Gasteiger partial charge in [-0.25, -0.2) is 0 Å². The number of hydrogen-bond donors (Lipinski definition) is 2. The van der Waals surface area contributed by atoms with Crippen molar-refractivity contribution in [3.05, 3.63) is 100 Å². The number of nitrogens with two attached hydrogens (primary N) is 1. The van der Waals surface area contributed by atoms with E-state index in [1.54, 1.807) is 18.2 Å². The molecular weight excluding hydrogens is 482 g/mol. The Morgan fingerprint density at radius 1 is 0.947 bits per heavy atom. The van der Waals surface area contributed by atoms with Gasteiger partial charge in [-0.1, -0.05) is 54.6 Å². The first-order chi connectivity index (χ1) is 18.4. The maximum Gasteiger partial charge on any atom is 0.303 e. The number of carbonyl (C=O) groups is 3. The molecular formula is C30H31N3O5. The lowest BCUT2D eigenvalue weighted by molar-refractivity contribution is -0.137. The zero-order chi connectivity index (χ0) is 26.6. The number of fused-ring (bicyclic) bond motifs is 2. The van der Waals surface area contributed by atoms with Crippen LogP contribution in [0.4, 0.5) is 0 Å². The predicted molar refractivity (Wildman–Crippen MR) is 141 cm³/mol. The van der Waals surface area contributed by atoms with Gasteiger partial charge in [0.2, 0.25) is 5.91 Å². The summed E-state index contributed by atoms with van der Waals surface area (Å²) in [6.07, 6.45) is 0.790. The minimum atomic E-state index is -1.04. The molecule has 8 heteroatoms. The fraction of sp³-hybridized carbons (Fsp3) is 0.300. The minimum Gasteiger partial charge on any atom is -0.489 e. The number of ether oxygens (including phenoxy) is 1. The second-order valence-electron chi connectivity index (χ2n) is 9.90. The number of carboxylic acid groups (broad SMARTS) is 1. The van der Waals surface area contributed by atoms with Crippen molar-refractivity contribution in [1.82, 2.24) is 9.80 Å². The summed E-state index contributed by atoms with van der Waals surface area (Å²) < 4.78 is 6.10. The molecule has 5 rings (SSSR count). The molecule has 0 aliphatic carbocycles. The number of primary amides is 1. The Kier molecular flexibility index (Phi) is 7.42. The van der Waals surface area contributed by atoms with Crippen molar-refractivity contribution in [3.63, 3.8) is 0 Å². The molecule has 2 amide bonds. The number of carboxylic acids is 1. The van der Waals surface area contributed by atoms with Crippen LogP contribution in [-0.4, -0.2) is 45.3 Å². The van der Waals surface area contributed by atoms with Crippen molar-refractivity contribution in [1.29, 1.82) is 0 Å². The molecule has 3 aromatic carbocycles. The minimum absolute atomic E-state index is 0.0309. The Bertz CT molecular complexity index is 1350. The van der Waals surface area contributed by atoms with Gasteiger partial charge in [0.25, 0.3) is 5.91 Å². The first-order valence-electron chi connectivity index (χ1n) is 12.8. The first kappa shape index (κ1) is 25.5. The highest BCUT2D eigenvalue weighted by Gasteiger charge is 2.37. The van der Waals surface area contributed by atoms with E-state index in [0.717, 1.165) is 31.6 Å². The molecule has 38 heavy (non-hydrogen) atoms. The third-order valence-electron chi connectivity index (χ3n) is 7.32. The van der Waals surface area contributed by atoms with Crippen molar-refractivity contribution in [2.45, 2.75) is 51.5 Å². The van der Waals surface area contributed by atoms with E-state index in [2.05, 4.69) is 53.4 Å². The van der Waals surface area contributed by atoms with Crippen LogP contribution in [0.15, 0.2) is 66.7 Å².